The molecule has 0 bridgehead atoms. The lowest BCUT2D eigenvalue weighted by Gasteiger charge is -2.28. The number of carbonyl (C=O) groups is 2. The second-order valence-corrected chi connectivity index (χ2v) is 6.77. The number of rotatable bonds is 5. The lowest BCUT2D eigenvalue weighted by atomic mass is 10.0. The van der Waals surface area contributed by atoms with E-state index in [1.54, 1.807) is 27.8 Å². The zero-order chi connectivity index (χ0) is 15.4. The fourth-order valence-corrected chi connectivity index (χ4v) is 2.51. The average molecular weight is 285 g/mol. The first-order chi connectivity index (χ1) is 9.11. The smallest absolute Gasteiger partial charge is 0.306 e. The minimum Gasteiger partial charge on any atom is -0.460 e. The standard InChI is InChI=1S/C15H27NO4/c1-14(2,3)20-13(18)8-7-12(17)16(4)11-15(19)9-5-6-10-15/h19H,5-11H2,1-4H3. The summed E-state index contributed by atoms with van der Waals surface area (Å²) in [6, 6.07) is 0. The Morgan fingerprint density at radius 2 is 1.75 bits per heavy atom. The van der Waals surface area contributed by atoms with E-state index in [2.05, 4.69) is 0 Å². The second kappa shape index (κ2) is 6.57. The van der Waals surface area contributed by atoms with Gasteiger partial charge in [-0.1, -0.05) is 12.8 Å². The molecule has 5 heteroatoms. The summed E-state index contributed by atoms with van der Waals surface area (Å²) in [5.41, 5.74) is -1.26. The van der Waals surface area contributed by atoms with Crippen molar-refractivity contribution >= 4 is 11.9 Å². The molecule has 0 aromatic rings. The molecule has 0 aromatic heterocycles. The van der Waals surface area contributed by atoms with E-state index in [4.69, 9.17) is 4.74 Å². The molecule has 0 radical (unpaired) electrons. The lowest BCUT2D eigenvalue weighted by molar-refractivity contribution is -0.156. The molecule has 0 atom stereocenters. The molecule has 1 aliphatic rings. The van der Waals surface area contributed by atoms with E-state index in [0.29, 0.717) is 6.54 Å². The van der Waals surface area contributed by atoms with Gasteiger partial charge in [0, 0.05) is 20.0 Å². The zero-order valence-corrected chi connectivity index (χ0v) is 13.1. The predicted molar refractivity (Wildman–Crippen MR) is 76.1 cm³/mol. The highest BCUT2D eigenvalue weighted by molar-refractivity contribution is 5.81. The van der Waals surface area contributed by atoms with Crippen molar-refractivity contribution in [3.63, 3.8) is 0 Å². The highest BCUT2D eigenvalue weighted by atomic mass is 16.6. The molecule has 1 aliphatic carbocycles. The summed E-state index contributed by atoms with van der Waals surface area (Å²) in [7, 11) is 1.67. The number of nitrogens with zero attached hydrogens (tertiary/aromatic N) is 1. The molecule has 0 aliphatic heterocycles. The molecule has 1 N–H and O–H groups in total. The van der Waals surface area contributed by atoms with Gasteiger partial charge < -0.3 is 14.7 Å². The topological polar surface area (TPSA) is 66.8 Å². The van der Waals surface area contributed by atoms with Gasteiger partial charge in [-0.15, -0.1) is 0 Å². The number of likely N-dealkylation sites (N-methyl/N-ethyl adjacent to an activating group) is 1. The van der Waals surface area contributed by atoms with Crippen LogP contribution in [0.2, 0.25) is 0 Å². The van der Waals surface area contributed by atoms with E-state index in [1.165, 1.54) is 4.90 Å². The van der Waals surface area contributed by atoms with Gasteiger partial charge in [0.2, 0.25) is 5.91 Å². The number of hydrogen-bond acceptors (Lipinski definition) is 4. The predicted octanol–water partition coefficient (Wildman–Crippen LogP) is 1.87. The Bertz CT molecular complexity index is 353. The van der Waals surface area contributed by atoms with Crippen molar-refractivity contribution in [1.82, 2.24) is 4.90 Å². The van der Waals surface area contributed by atoms with E-state index in [-0.39, 0.29) is 24.7 Å². The number of amides is 1. The number of esters is 1. The molecule has 0 saturated heterocycles. The van der Waals surface area contributed by atoms with Gasteiger partial charge in [0.25, 0.3) is 0 Å². The quantitative estimate of drug-likeness (QED) is 0.783. The summed E-state index contributed by atoms with van der Waals surface area (Å²) in [4.78, 5) is 25.0. The number of ether oxygens (including phenoxy) is 1. The molecular weight excluding hydrogens is 258 g/mol. The van der Waals surface area contributed by atoms with Crippen molar-refractivity contribution in [2.45, 2.75) is 70.5 Å². The molecular formula is C15H27NO4. The van der Waals surface area contributed by atoms with Gasteiger partial charge in [-0.3, -0.25) is 9.59 Å². The van der Waals surface area contributed by atoms with Gasteiger partial charge in [-0.2, -0.15) is 0 Å². The second-order valence-electron chi connectivity index (χ2n) is 6.77. The van der Waals surface area contributed by atoms with E-state index in [1.807, 2.05) is 0 Å². The van der Waals surface area contributed by atoms with Crippen molar-refractivity contribution in [3.05, 3.63) is 0 Å². The highest BCUT2D eigenvalue weighted by Crippen LogP contribution is 2.30. The Morgan fingerprint density at radius 3 is 2.25 bits per heavy atom. The van der Waals surface area contributed by atoms with Crippen LogP contribution in [-0.4, -0.2) is 46.7 Å². The van der Waals surface area contributed by atoms with Crippen molar-refractivity contribution in [1.29, 1.82) is 0 Å². The molecule has 0 heterocycles. The molecule has 0 spiro atoms. The maximum Gasteiger partial charge on any atom is 0.306 e. The number of carbonyl (C=O) groups excluding carboxylic acids is 2. The molecule has 5 nitrogen and oxygen atoms in total. The Labute approximate surface area is 121 Å². The Hall–Kier alpha value is -1.10. The zero-order valence-electron chi connectivity index (χ0n) is 13.1. The third-order valence-corrected chi connectivity index (χ3v) is 3.45. The van der Waals surface area contributed by atoms with Gasteiger partial charge >= 0.3 is 5.97 Å². The molecule has 1 amide bonds. The fraction of sp³-hybridized carbons (Fsp3) is 0.867. The van der Waals surface area contributed by atoms with Crippen LogP contribution in [0, 0.1) is 0 Å². The Balaban J connectivity index is 2.33. The van der Waals surface area contributed by atoms with Crippen molar-refractivity contribution in [2.75, 3.05) is 13.6 Å². The first-order valence-corrected chi connectivity index (χ1v) is 7.29. The van der Waals surface area contributed by atoms with Crippen molar-refractivity contribution in [3.8, 4) is 0 Å². The Morgan fingerprint density at radius 1 is 1.20 bits per heavy atom. The minimum atomic E-state index is -0.740. The van der Waals surface area contributed by atoms with E-state index < -0.39 is 11.2 Å². The van der Waals surface area contributed by atoms with Crippen LogP contribution in [-0.2, 0) is 14.3 Å². The van der Waals surface area contributed by atoms with Crippen LogP contribution in [0.4, 0.5) is 0 Å². The normalized spacial score (nSPS) is 17.9. The van der Waals surface area contributed by atoms with E-state index in [0.717, 1.165) is 25.7 Å². The van der Waals surface area contributed by atoms with Crippen LogP contribution >= 0.6 is 0 Å². The Kier molecular flexibility index (Phi) is 5.57. The largest absolute Gasteiger partial charge is 0.460 e. The first kappa shape index (κ1) is 17.0. The van der Waals surface area contributed by atoms with Gasteiger partial charge in [0.05, 0.1) is 12.0 Å². The average Bonchev–Trinajstić information content (AvgIpc) is 2.70. The molecule has 116 valence electrons. The fourth-order valence-electron chi connectivity index (χ4n) is 2.51. The first-order valence-electron chi connectivity index (χ1n) is 7.29. The monoisotopic (exact) mass is 285 g/mol. The SMILES string of the molecule is CN(CC1(O)CCCC1)C(=O)CCC(=O)OC(C)(C)C. The maximum atomic E-state index is 12.0. The molecule has 1 saturated carbocycles. The summed E-state index contributed by atoms with van der Waals surface area (Å²) in [6.07, 6.45) is 3.72. The van der Waals surface area contributed by atoms with Crippen molar-refractivity contribution in [2.24, 2.45) is 0 Å². The molecule has 0 unspecified atom stereocenters. The van der Waals surface area contributed by atoms with E-state index >= 15 is 0 Å². The molecule has 1 fully saturated rings. The highest BCUT2D eigenvalue weighted by Gasteiger charge is 2.33. The van der Waals surface area contributed by atoms with Crippen molar-refractivity contribution < 1.29 is 19.4 Å². The van der Waals surface area contributed by atoms with Gasteiger partial charge in [0.1, 0.15) is 5.60 Å². The molecule has 20 heavy (non-hydrogen) atoms. The number of aliphatic hydroxyl groups is 1. The van der Waals surface area contributed by atoms with Crippen LogP contribution in [0.3, 0.4) is 0 Å². The van der Waals surface area contributed by atoms with Gasteiger partial charge in [-0.05, 0) is 33.6 Å². The van der Waals surface area contributed by atoms with Crippen LogP contribution in [0.25, 0.3) is 0 Å². The number of hydrogen-bond donors (Lipinski definition) is 1. The summed E-state index contributed by atoms with van der Waals surface area (Å²) >= 11 is 0. The lowest BCUT2D eigenvalue weighted by Crippen LogP contribution is -2.42. The summed E-state index contributed by atoms with van der Waals surface area (Å²) in [5.74, 6) is -0.491. The van der Waals surface area contributed by atoms with Crippen LogP contribution in [0.1, 0.15) is 59.3 Å². The summed E-state index contributed by atoms with van der Waals surface area (Å²) < 4.78 is 5.16. The summed E-state index contributed by atoms with van der Waals surface area (Å²) in [5, 5.41) is 10.3. The van der Waals surface area contributed by atoms with E-state index in [9.17, 15) is 14.7 Å². The van der Waals surface area contributed by atoms with Gasteiger partial charge in [0.15, 0.2) is 0 Å². The third-order valence-electron chi connectivity index (χ3n) is 3.45. The minimum absolute atomic E-state index is 0.0822. The molecule has 0 aromatic carbocycles. The molecule has 1 rings (SSSR count). The summed E-state index contributed by atoms with van der Waals surface area (Å²) in [6.45, 7) is 5.75. The van der Waals surface area contributed by atoms with Gasteiger partial charge in [-0.25, -0.2) is 0 Å². The van der Waals surface area contributed by atoms with Crippen LogP contribution in [0.15, 0.2) is 0 Å². The third kappa shape index (κ3) is 5.90. The maximum absolute atomic E-state index is 12.0. The van der Waals surface area contributed by atoms with Crippen LogP contribution in [0.5, 0.6) is 0 Å². The van der Waals surface area contributed by atoms with Crippen LogP contribution < -0.4 is 0 Å².